The second-order valence-corrected chi connectivity index (χ2v) is 11.6. The van der Waals surface area contributed by atoms with E-state index in [0.29, 0.717) is 33.9 Å². The van der Waals surface area contributed by atoms with Crippen LogP contribution in [0.25, 0.3) is 11.0 Å². The number of benzene rings is 2. The quantitative estimate of drug-likeness (QED) is 0.192. The molecule has 2 aliphatic heterocycles. The SMILES string of the molecule is COC(=O)c1ccc2nc(CN3CCC(Cc4ccc(COc5ccc(Cl)cc5Cl)o4)CC3)n(CC3CCO3)c2c1. The summed E-state index contributed by atoms with van der Waals surface area (Å²) in [5.41, 5.74) is 2.37. The number of aromatic nitrogens is 2. The van der Waals surface area contributed by atoms with Gasteiger partial charge in [-0.05, 0) is 86.8 Å². The highest BCUT2D eigenvalue weighted by Gasteiger charge is 2.26. The number of carbonyl (C=O) groups excluding carboxylic acids is 1. The molecule has 2 saturated heterocycles. The smallest absolute Gasteiger partial charge is 0.337 e. The largest absolute Gasteiger partial charge is 0.484 e. The second-order valence-electron chi connectivity index (χ2n) is 10.8. The zero-order valence-electron chi connectivity index (χ0n) is 23.0. The molecule has 1 unspecified atom stereocenters. The van der Waals surface area contributed by atoms with E-state index in [0.717, 1.165) is 86.8 Å². The van der Waals surface area contributed by atoms with Gasteiger partial charge in [-0.15, -0.1) is 0 Å². The van der Waals surface area contributed by atoms with Gasteiger partial charge in [-0.25, -0.2) is 9.78 Å². The minimum atomic E-state index is -0.342. The van der Waals surface area contributed by atoms with E-state index in [1.54, 1.807) is 24.3 Å². The highest BCUT2D eigenvalue weighted by molar-refractivity contribution is 6.35. The zero-order chi connectivity index (χ0) is 28.3. The third-order valence-electron chi connectivity index (χ3n) is 7.97. The molecule has 4 aromatic rings. The highest BCUT2D eigenvalue weighted by Crippen LogP contribution is 2.30. The summed E-state index contributed by atoms with van der Waals surface area (Å²) in [5.74, 6) is 3.56. The minimum absolute atomic E-state index is 0.186. The maximum absolute atomic E-state index is 12.2. The van der Waals surface area contributed by atoms with Crippen LogP contribution in [0.5, 0.6) is 5.75 Å². The lowest BCUT2D eigenvalue weighted by molar-refractivity contribution is -0.0592. The summed E-state index contributed by atoms with van der Waals surface area (Å²) in [6, 6.07) is 14.8. The lowest BCUT2D eigenvalue weighted by Gasteiger charge is -2.32. The molecular weight excluding hydrogens is 565 g/mol. The van der Waals surface area contributed by atoms with E-state index in [2.05, 4.69) is 9.47 Å². The molecule has 1 atom stereocenters. The van der Waals surface area contributed by atoms with Crippen molar-refractivity contribution in [3.05, 3.63) is 81.5 Å². The fraction of sp³-hybridized carbons (Fsp3) is 0.419. The van der Waals surface area contributed by atoms with Crippen molar-refractivity contribution in [2.24, 2.45) is 5.92 Å². The predicted octanol–water partition coefficient (Wildman–Crippen LogP) is 6.55. The fourth-order valence-corrected chi connectivity index (χ4v) is 6.02. The van der Waals surface area contributed by atoms with Gasteiger partial charge in [0.05, 0.1) is 47.9 Å². The first-order valence-corrected chi connectivity index (χ1v) is 14.8. The molecule has 0 amide bonds. The summed E-state index contributed by atoms with van der Waals surface area (Å²) in [6.45, 7) is 4.60. The molecule has 8 nitrogen and oxygen atoms in total. The van der Waals surface area contributed by atoms with E-state index in [1.807, 2.05) is 24.3 Å². The van der Waals surface area contributed by atoms with Crippen LogP contribution in [0, 0.1) is 5.92 Å². The number of piperidine rings is 1. The van der Waals surface area contributed by atoms with E-state index in [1.165, 1.54) is 7.11 Å². The molecule has 6 rings (SSSR count). The molecule has 41 heavy (non-hydrogen) atoms. The Morgan fingerprint density at radius 1 is 1.05 bits per heavy atom. The van der Waals surface area contributed by atoms with Gasteiger partial charge >= 0.3 is 5.97 Å². The van der Waals surface area contributed by atoms with Crippen molar-refractivity contribution in [2.75, 3.05) is 26.8 Å². The van der Waals surface area contributed by atoms with E-state index in [9.17, 15) is 4.79 Å². The molecule has 216 valence electrons. The summed E-state index contributed by atoms with van der Waals surface area (Å²) >= 11 is 12.2. The van der Waals surface area contributed by atoms with Crippen LogP contribution in [-0.4, -0.2) is 53.3 Å². The predicted molar refractivity (Wildman–Crippen MR) is 157 cm³/mol. The van der Waals surface area contributed by atoms with Gasteiger partial charge < -0.3 is 23.2 Å². The van der Waals surface area contributed by atoms with Crippen molar-refractivity contribution in [3.8, 4) is 5.75 Å². The number of hydrogen-bond acceptors (Lipinski definition) is 7. The number of hydrogen-bond donors (Lipinski definition) is 0. The molecule has 10 heteroatoms. The number of likely N-dealkylation sites (tertiary alicyclic amines) is 1. The molecule has 0 bridgehead atoms. The molecule has 0 N–H and O–H groups in total. The van der Waals surface area contributed by atoms with Gasteiger partial charge in [-0.1, -0.05) is 23.2 Å². The number of ether oxygens (including phenoxy) is 3. The van der Waals surface area contributed by atoms with Crippen molar-refractivity contribution in [1.82, 2.24) is 14.5 Å². The Hall–Kier alpha value is -3.04. The standard InChI is InChI=1S/C31H33Cl2N3O5/c1-38-31(37)21-2-6-27-28(15-21)36(17-24-10-13-39-24)30(34-27)18-35-11-8-20(9-12-35)14-23-4-5-25(41-23)19-40-29-7-3-22(32)16-26(29)33/h2-7,15-16,20,24H,8-14,17-19H2,1H3. The van der Waals surface area contributed by atoms with E-state index < -0.39 is 0 Å². The van der Waals surface area contributed by atoms with E-state index in [4.69, 9.17) is 46.8 Å². The Labute approximate surface area is 249 Å². The Morgan fingerprint density at radius 3 is 2.59 bits per heavy atom. The number of halogens is 2. The molecule has 0 spiro atoms. The Bertz CT molecular complexity index is 1520. The van der Waals surface area contributed by atoms with Crippen molar-refractivity contribution in [1.29, 1.82) is 0 Å². The van der Waals surface area contributed by atoms with Gasteiger partial charge in [0.1, 0.15) is 29.7 Å². The minimum Gasteiger partial charge on any atom is -0.484 e. The Morgan fingerprint density at radius 2 is 1.85 bits per heavy atom. The average molecular weight is 599 g/mol. The zero-order valence-corrected chi connectivity index (χ0v) is 24.5. The maximum Gasteiger partial charge on any atom is 0.337 e. The van der Waals surface area contributed by atoms with Crippen molar-refractivity contribution < 1.29 is 23.4 Å². The summed E-state index contributed by atoms with van der Waals surface area (Å²) in [6.07, 6.45) is 4.31. The first-order chi connectivity index (χ1) is 19.9. The average Bonchev–Trinajstić information content (AvgIpc) is 3.54. The van der Waals surface area contributed by atoms with Gasteiger partial charge in [0.25, 0.3) is 0 Å². The van der Waals surface area contributed by atoms with E-state index >= 15 is 0 Å². The molecular formula is C31H33Cl2N3O5. The third kappa shape index (κ3) is 6.56. The van der Waals surface area contributed by atoms with E-state index in [-0.39, 0.29) is 12.1 Å². The van der Waals surface area contributed by atoms with Crippen molar-refractivity contribution in [3.63, 3.8) is 0 Å². The number of rotatable bonds is 10. The van der Waals surface area contributed by atoms with Crippen LogP contribution in [0.4, 0.5) is 0 Å². The summed E-state index contributed by atoms with van der Waals surface area (Å²) in [5, 5.41) is 1.05. The Balaban J connectivity index is 1.05. The third-order valence-corrected chi connectivity index (χ3v) is 8.50. The summed E-state index contributed by atoms with van der Waals surface area (Å²) < 4.78 is 24.8. The lowest BCUT2D eigenvalue weighted by Crippen LogP contribution is -2.36. The van der Waals surface area contributed by atoms with Crippen LogP contribution in [-0.2, 0) is 35.6 Å². The van der Waals surface area contributed by atoms with Crippen LogP contribution in [0.2, 0.25) is 10.0 Å². The van der Waals surface area contributed by atoms with Gasteiger partial charge in [0, 0.05) is 18.1 Å². The monoisotopic (exact) mass is 597 g/mol. The first-order valence-electron chi connectivity index (χ1n) is 14.0. The molecule has 4 heterocycles. The lowest BCUT2D eigenvalue weighted by atomic mass is 9.92. The van der Waals surface area contributed by atoms with Gasteiger partial charge in [-0.3, -0.25) is 4.90 Å². The van der Waals surface area contributed by atoms with Crippen molar-refractivity contribution >= 4 is 40.2 Å². The molecule has 2 aromatic heterocycles. The van der Waals surface area contributed by atoms with Crippen molar-refractivity contribution in [2.45, 2.75) is 51.5 Å². The molecule has 2 aliphatic rings. The van der Waals surface area contributed by atoms with Crippen LogP contribution >= 0.6 is 23.2 Å². The first kappa shape index (κ1) is 28.1. The summed E-state index contributed by atoms with van der Waals surface area (Å²) in [7, 11) is 1.40. The number of nitrogens with zero attached hydrogens (tertiary/aromatic N) is 3. The fourth-order valence-electron chi connectivity index (χ4n) is 5.56. The van der Waals surface area contributed by atoms with Crippen LogP contribution in [0.3, 0.4) is 0 Å². The van der Waals surface area contributed by atoms with Crippen LogP contribution in [0.15, 0.2) is 52.9 Å². The highest BCUT2D eigenvalue weighted by atomic mass is 35.5. The van der Waals surface area contributed by atoms with Gasteiger partial charge in [0.15, 0.2) is 0 Å². The van der Waals surface area contributed by atoms with Gasteiger partial charge in [0.2, 0.25) is 0 Å². The van der Waals surface area contributed by atoms with Gasteiger partial charge in [-0.2, -0.15) is 0 Å². The maximum atomic E-state index is 12.2. The molecule has 0 radical (unpaired) electrons. The molecule has 2 aromatic carbocycles. The summed E-state index contributed by atoms with van der Waals surface area (Å²) in [4.78, 5) is 19.6. The Kier molecular flexibility index (Phi) is 8.53. The van der Waals surface area contributed by atoms with Crippen LogP contribution < -0.4 is 4.74 Å². The number of fused-ring (bicyclic) bond motifs is 1. The normalized spacial score (nSPS) is 18.0. The number of imidazole rings is 1. The number of esters is 1. The number of carbonyl (C=O) groups is 1. The number of furan rings is 1. The van der Waals surface area contributed by atoms with Crippen LogP contribution in [0.1, 0.15) is 47.0 Å². The topological polar surface area (TPSA) is 79.0 Å². The second kappa shape index (κ2) is 12.4. The number of methoxy groups -OCH3 is 1. The molecule has 2 fully saturated rings. The molecule has 0 saturated carbocycles. The molecule has 0 aliphatic carbocycles.